The number of fused-ring (bicyclic) bond motifs is 1. The van der Waals surface area contributed by atoms with Gasteiger partial charge < -0.3 is 14.3 Å². The van der Waals surface area contributed by atoms with Gasteiger partial charge in [0.2, 0.25) is 15.9 Å². The maximum absolute atomic E-state index is 13.0. The van der Waals surface area contributed by atoms with Crippen LogP contribution in [0.2, 0.25) is 0 Å². The summed E-state index contributed by atoms with van der Waals surface area (Å²) in [6.45, 7) is 1.92. The highest BCUT2D eigenvalue weighted by Gasteiger charge is 2.51. The lowest BCUT2D eigenvalue weighted by atomic mass is 9.88. The maximum Gasteiger partial charge on any atom is 0.265 e. The van der Waals surface area contributed by atoms with Crippen molar-refractivity contribution >= 4 is 15.9 Å². The van der Waals surface area contributed by atoms with Gasteiger partial charge >= 0.3 is 0 Å². The molecule has 0 spiro atoms. The van der Waals surface area contributed by atoms with Crippen LogP contribution >= 0.6 is 0 Å². The molecule has 1 amide bonds. The van der Waals surface area contributed by atoms with E-state index < -0.39 is 26.8 Å². The summed E-state index contributed by atoms with van der Waals surface area (Å²) in [6.07, 6.45) is 2.39. The smallest absolute Gasteiger partial charge is 0.265 e. The maximum atomic E-state index is 13.0. The molecule has 1 fully saturated rings. The summed E-state index contributed by atoms with van der Waals surface area (Å²) in [7, 11) is -3.77. The molecule has 1 aromatic heterocycles. The van der Waals surface area contributed by atoms with Crippen molar-refractivity contribution in [2.75, 3.05) is 6.61 Å². The van der Waals surface area contributed by atoms with Crippen molar-refractivity contribution in [3.05, 3.63) is 95.9 Å². The molecule has 1 aliphatic carbocycles. The highest BCUT2D eigenvalue weighted by molar-refractivity contribution is 7.91. The van der Waals surface area contributed by atoms with Crippen molar-refractivity contribution < 1.29 is 27.5 Å². The van der Waals surface area contributed by atoms with Crippen LogP contribution in [0.3, 0.4) is 0 Å². The molecule has 200 valence electrons. The molecule has 2 N–H and O–H groups in total. The second kappa shape index (κ2) is 9.66. The van der Waals surface area contributed by atoms with Gasteiger partial charge in [0.05, 0.1) is 23.2 Å². The van der Waals surface area contributed by atoms with Gasteiger partial charge in [0, 0.05) is 29.0 Å². The lowest BCUT2D eigenvalue weighted by Crippen LogP contribution is -2.38. The Morgan fingerprint density at radius 2 is 1.79 bits per heavy atom. The molecule has 0 saturated heterocycles. The molecular formula is C30H28N2O6S. The third-order valence-electron chi connectivity index (χ3n) is 7.59. The minimum Gasteiger partial charge on any atom is -0.493 e. The van der Waals surface area contributed by atoms with Crippen molar-refractivity contribution in [1.82, 2.24) is 9.71 Å². The van der Waals surface area contributed by atoms with Crippen molar-refractivity contribution in [2.45, 2.75) is 37.0 Å². The first-order chi connectivity index (χ1) is 18.7. The number of amides is 1. The van der Waals surface area contributed by atoms with Crippen LogP contribution in [0.1, 0.15) is 47.5 Å². The first kappa shape index (κ1) is 25.3. The number of oxazole rings is 1. The fourth-order valence-corrected chi connectivity index (χ4v) is 6.08. The first-order valence-corrected chi connectivity index (χ1v) is 14.3. The molecule has 2 unspecified atom stereocenters. The number of carbonyl (C=O) groups is 1. The van der Waals surface area contributed by atoms with Crippen molar-refractivity contribution in [3.8, 4) is 28.3 Å². The van der Waals surface area contributed by atoms with Crippen LogP contribution < -0.4 is 9.46 Å². The van der Waals surface area contributed by atoms with Gasteiger partial charge in [-0.25, -0.2) is 18.1 Å². The third kappa shape index (κ3) is 4.84. The van der Waals surface area contributed by atoms with Gasteiger partial charge in [0.1, 0.15) is 12.0 Å². The van der Waals surface area contributed by atoms with E-state index >= 15 is 0 Å². The Bertz CT molecular complexity index is 1640. The molecule has 9 heteroatoms. The van der Waals surface area contributed by atoms with E-state index in [4.69, 9.17) is 9.15 Å². The summed E-state index contributed by atoms with van der Waals surface area (Å²) in [5.41, 5.74) is 3.77. The number of benzene rings is 3. The number of hydrogen-bond donors (Lipinski definition) is 2. The number of aliphatic hydroxyl groups is 1. The molecule has 39 heavy (non-hydrogen) atoms. The minimum atomic E-state index is -3.77. The molecule has 0 radical (unpaired) electrons. The molecule has 3 aromatic carbocycles. The fraction of sp³-hybridized carbons (Fsp3) is 0.267. The van der Waals surface area contributed by atoms with Gasteiger partial charge in [-0.05, 0) is 55.2 Å². The number of nitrogens with zero attached hydrogens (tertiary/aromatic N) is 1. The average molecular weight is 545 g/mol. The quantitative estimate of drug-likeness (QED) is 0.340. The molecule has 1 saturated carbocycles. The van der Waals surface area contributed by atoms with Crippen molar-refractivity contribution in [2.24, 2.45) is 5.92 Å². The fourth-order valence-electron chi connectivity index (χ4n) is 4.84. The van der Waals surface area contributed by atoms with E-state index in [1.807, 2.05) is 30.3 Å². The third-order valence-corrected chi connectivity index (χ3v) is 9.75. The van der Waals surface area contributed by atoms with E-state index in [1.54, 1.807) is 55.7 Å². The number of carbonyl (C=O) groups excluding carboxylic acids is 1. The number of nitrogens with one attached hydrogen (secondary N) is 1. The number of aliphatic hydroxyl groups excluding tert-OH is 1. The minimum absolute atomic E-state index is 0.218. The topological polar surface area (TPSA) is 119 Å². The van der Waals surface area contributed by atoms with Crippen LogP contribution in [0.15, 0.2) is 83.5 Å². The van der Waals surface area contributed by atoms with Crippen molar-refractivity contribution in [1.29, 1.82) is 0 Å². The predicted molar refractivity (Wildman–Crippen MR) is 145 cm³/mol. The van der Waals surface area contributed by atoms with Gasteiger partial charge in [0.15, 0.2) is 0 Å². The zero-order valence-electron chi connectivity index (χ0n) is 21.3. The summed E-state index contributed by atoms with van der Waals surface area (Å²) < 4.78 is 38.3. The van der Waals surface area contributed by atoms with E-state index in [9.17, 15) is 18.3 Å². The highest BCUT2D eigenvalue weighted by Crippen LogP contribution is 2.43. The molecule has 1 aliphatic heterocycles. The second-order valence-corrected chi connectivity index (χ2v) is 12.6. The molecule has 8 nitrogen and oxygen atoms in total. The van der Waals surface area contributed by atoms with Crippen molar-refractivity contribution in [3.63, 3.8) is 0 Å². The lowest BCUT2D eigenvalue weighted by Gasteiger charge is -2.30. The molecule has 2 aliphatic rings. The Morgan fingerprint density at radius 3 is 2.56 bits per heavy atom. The van der Waals surface area contributed by atoms with Gasteiger partial charge in [0.25, 0.3) is 5.91 Å². The molecule has 6 rings (SSSR count). The normalized spacial score (nSPS) is 19.5. The zero-order chi connectivity index (χ0) is 27.2. The molecule has 0 bridgehead atoms. The largest absolute Gasteiger partial charge is 0.493 e. The number of sulfonamides is 1. The van der Waals surface area contributed by atoms with Crippen LogP contribution in [0.5, 0.6) is 5.75 Å². The van der Waals surface area contributed by atoms with Crippen LogP contribution in [0.4, 0.5) is 0 Å². The summed E-state index contributed by atoms with van der Waals surface area (Å²) in [4.78, 5) is 17.6. The SMILES string of the molecule is CC1(S(=O)(=O)NC(=O)c2ccccc2-c2ccc3c(c2)OCC(Cc2coc(-c4ccccc4)n2)C3O)CC1. The Labute approximate surface area is 226 Å². The molecule has 2 heterocycles. The Balaban J connectivity index is 1.21. The number of rotatable bonds is 7. The van der Waals surface area contributed by atoms with Crippen LogP contribution in [0.25, 0.3) is 22.6 Å². The summed E-state index contributed by atoms with van der Waals surface area (Å²) in [6, 6.07) is 21.8. The van der Waals surface area contributed by atoms with E-state index in [0.717, 1.165) is 11.3 Å². The Hall–Kier alpha value is -3.95. The molecule has 4 aromatic rings. The Kier molecular flexibility index (Phi) is 6.28. The first-order valence-electron chi connectivity index (χ1n) is 12.8. The monoisotopic (exact) mass is 544 g/mol. The number of aromatic nitrogens is 1. The molecule has 2 atom stereocenters. The van der Waals surface area contributed by atoms with Gasteiger partial charge in [-0.3, -0.25) is 4.79 Å². The Morgan fingerprint density at radius 1 is 1.05 bits per heavy atom. The van der Waals surface area contributed by atoms with Gasteiger partial charge in [-0.1, -0.05) is 48.5 Å². The summed E-state index contributed by atoms with van der Waals surface area (Å²) in [5, 5.41) is 11.2. The van der Waals surface area contributed by atoms with E-state index in [-0.39, 0.29) is 18.1 Å². The predicted octanol–water partition coefficient (Wildman–Crippen LogP) is 4.91. The highest BCUT2D eigenvalue weighted by atomic mass is 32.2. The zero-order valence-corrected chi connectivity index (χ0v) is 22.1. The van der Waals surface area contributed by atoms with Gasteiger partial charge in [-0.15, -0.1) is 0 Å². The standard InChI is InChI=1S/C30H28N2O6S/c1-30(13-14-30)39(35,36)32-28(34)24-10-6-5-9-23(24)20-11-12-25-26(16-20)37-17-21(27(25)33)15-22-18-38-29(31-22)19-7-3-2-4-8-19/h2-12,16,18,21,27,33H,13-15,17H2,1H3,(H,32,34). The lowest BCUT2D eigenvalue weighted by molar-refractivity contribution is 0.0503. The number of hydrogen-bond acceptors (Lipinski definition) is 7. The second-order valence-electron chi connectivity index (χ2n) is 10.4. The average Bonchev–Trinajstić information content (AvgIpc) is 3.55. The summed E-state index contributed by atoms with van der Waals surface area (Å²) in [5.74, 6) is 0.169. The van der Waals surface area contributed by atoms with Crippen LogP contribution in [0, 0.1) is 5.92 Å². The van der Waals surface area contributed by atoms with Crippen LogP contribution in [-0.4, -0.2) is 35.8 Å². The van der Waals surface area contributed by atoms with Crippen LogP contribution in [-0.2, 0) is 16.4 Å². The van der Waals surface area contributed by atoms with E-state index in [1.165, 1.54) is 0 Å². The van der Waals surface area contributed by atoms with Gasteiger partial charge in [-0.2, -0.15) is 0 Å². The van der Waals surface area contributed by atoms with E-state index in [0.29, 0.717) is 47.6 Å². The number of ether oxygens (including phenoxy) is 1. The molecular weight excluding hydrogens is 516 g/mol. The van der Waals surface area contributed by atoms with E-state index in [2.05, 4.69) is 9.71 Å². The summed E-state index contributed by atoms with van der Waals surface area (Å²) >= 11 is 0.